The summed E-state index contributed by atoms with van der Waals surface area (Å²) >= 11 is 5.80. The van der Waals surface area contributed by atoms with E-state index in [-0.39, 0.29) is 18.2 Å². The third kappa shape index (κ3) is 5.71. The minimum atomic E-state index is -0.148. The highest BCUT2D eigenvalue weighted by Gasteiger charge is 2.12. The van der Waals surface area contributed by atoms with E-state index < -0.39 is 0 Å². The average Bonchev–Trinajstić information content (AvgIpc) is 2.54. The van der Waals surface area contributed by atoms with Crippen molar-refractivity contribution in [2.75, 3.05) is 11.9 Å². The van der Waals surface area contributed by atoms with Gasteiger partial charge in [-0.05, 0) is 35.9 Å². The molecule has 0 unspecified atom stereocenters. The highest BCUT2D eigenvalue weighted by Crippen LogP contribution is 2.13. The van der Waals surface area contributed by atoms with Crippen LogP contribution in [0.5, 0.6) is 0 Å². The molecule has 1 N–H and O–H groups in total. The lowest BCUT2D eigenvalue weighted by Gasteiger charge is -2.20. The Morgan fingerprint density at radius 2 is 1.96 bits per heavy atom. The Bertz CT molecular complexity index is 659. The van der Waals surface area contributed by atoms with Gasteiger partial charge in [0, 0.05) is 49.5 Å². The third-order valence-electron chi connectivity index (χ3n) is 3.28. The lowest BCUT2D eigenvalue weighted by atomic mass is 10.2. The van der Waals surface area contributed by atoms with Crippen LogP contribution in [0.2, 0.25) is 5.02 Å². The van der Waals surface area contributed by atoms with Gasteiger partial charge in [0.1, 0.15) is 0 Å². The quantitative estimate of drug-likeness (QED) is 0.884. The second-order valence-electron chi connectivity index (χ2n) is 5.11. The van der Waals surface area contributed by atoms with Gasteiger partial charge in [-0.25, -0.2) is 0 Å². The van der Waals surface area contributed by atoms with Gasteiger partial charge in [-0.2, -0.15) is 0 Å². The predicted molar refractivity (Wildman–Crippen MR) is 90.0 cm³/mol. The van der Waals surface area contributed by atoms with Gasteiger partial charge >= 0.3 is 0 Å². The third-order valence-corrected chi connectivity index (χ3v) is 3.53. The van der Waals surface area contributed by atoms with E-state index in [0.29, 0.717) is 23.8 Å². The monoisotopic (exact) mass is 331 g/mol. The van der Waals surface area contributed by atoms with Crippen LogP contribution in [-0.4, -0.2) is 28.2 Å². The lowest BCUT2D eigenvalue weighted by Crippen LogP contribution is -2.31. The summed E-state index contributed by atoms with van der Waals surface area (Å²) in [4.78, 5) is 29.3. The molecule has 0 saturated heterocycles. The van der Waals surface area contributed by atoms with Gasteiger partial charge in [-0.1, -0.05) is 17.7 Å². The van der Waals surface area contributed by atoms with Crippen LogP contribution < -0.4 is 5.32 Å². The molecule has 0 bridgehead atoms. The molecule has 23 heavy (non-hydrogen) atoms. The molecule has 0 spiro atoms. The normalized spacial score (nSPS) is 10.2. The molecule has 1 aromatic carbocycles. The van der Waals surface area contributed by atoms with Crippen molar-refractivity contribution in [1.82, 2.24) is 9.88 Å². The SMILES string of the molecule is CC(=O)N(CCC(=O)Nc1ccc(Cl)cc1)Cc1cccnc1. The van der Waals surface area contributed by atoms with Crippen LogP contribution in [0.15, 0.2) is 48.8 Å². The van der Waals surface area contributed by atoms with E-state index in [0.717, 1.165) is 5.56 Å². The summed E-state index contributed by atoms with van der Waals surface area (Å²) in [5.74, 6) is -0.224. The molecule has 0 saturated carbocycles. The van der Waals surface area contributed by atoms with Crippen molar-refractivity contribution in [2.45, 2.75) is 19.9 Å². The molecular formula is C17H18ClN3O2. The average molecular weight is 332 g/mol. The van der Waals surface area contributed by atoms with Crippen LogP contribution in [0.25, 0.3) is 0 Å². The molecule has 0 aliphatic rings. The summed E-state index contributed by atoms with van der Waals surface area (Å²) in [5, 5.41) is 3.39. The fourth-order valence-corrected chi connectivity index (χ4v) is 2.18. The van der Waals surface area contributed by atoms with Gasteiger partial charge in [0.05, 0.1) is 0 Å². The lowest BCUT2D eigenvalue weighted by molar-refractivity contribution is -0.129. The number of carbonyl (C=O) groups is 2. The maximum atomic E-state index is 12.0. The maximum absolute atomic E-state index is 12.0. The molecule has 0 aliphatic heterocycles. The first-order valence-corrected chi connectivity index (χ1v) is 7.62. The van der Waals surface area contributed by atoms with Crippen molar-refractivity contribution in [1.29, 1.82) is 0 Å². The van der Waals surface area contributed by atoms with E-state index in [9.17, 15) is 9.59 Å². The smallest absolute Gasteiger partial charge is 0.226 e. The van der Waals surface area contributed by atoms with Crippen molar-refractivity contribution in [3.05, 3.63) is 59.4 Å². The number of nitrogens with one attached hydrogen (secondary N) is 1. The summed E-state index contributed by atoms with van der Waals surface area (Å²) in [6.07, 6.45) is 3.62. The topological polar surface area (TPSA) is 62.3 Å². The molecule has 0 fully saturated rings. The molecule has 1 heterocycles. The van der Waals surface area contributed by atoms with Crippen LogP contribution in [0, 0.1) is 0 Å². The molecule has 0 atom stereocenters. The largest absolute Gasteiger partial charge is 0.338 e. The van der Waals surface area contributed by atoms with Crippen molar-refractivity contribution >= 4 is 29.1 Å². The summed E-state index contributed by atoms with van der Waals surface area (Å²) in [7, 11) is 0. The van der Waals surface area contributed by atoms with Crippen LogP contribution in [0.3, 0.4) is 0 Å². The van der Waals surface area contributed by atoms with Crippen molar-refractivity contribution < 1.29 is 9.59 Å². The van der Waals surface area contributed by atoms with Gasteiger partial charge in [-0.15, -0.1) is 0 Å². The molecule has 2 aromatic rings. The Balaban J connectivity index is 1.87. The van der Waals surface area contributed by atoms with E-state index in [1.54, 1.807) is 41.6 Å². The summed E-state index contributed by atoms with van der Waals surface area (Å²) in [5.41, 5.74) is 1.61. The molecule has 0 radical (unpaired) electrons. The molecule has 0 aliphatic carbocycles. The summed E-state index contributed by atoms with van der Waals surface area (Å²) in [6.45, 7) is 2.29. The van der Waals surface area contributed by atoms with Crippen LogP contribution in [-0.2, 0) is 16.1 Å². The maximum Gasteiger partial charge on any atom is 0.226 e. The Labute approximate surface area is 140 Å². The summed E-state index contributed by atoms with van der Waals surface area (Å²) in [6, 6.07) is 10.6. The minimum absolute atomic E-state index is 0.0758. The molecule has 2 rings (SSSR count). The van der Waals surface area contributed by atoms with Crippen molar-refractivity contribution in [3.63, 3.8) is 0 Å². The second kappa shape index (κ2) is 8.29. The number of benzene rings is 1. The zero-order valence-electron chi connectivity index (χ0n) is 12.8. The van der Waals surface area contributed by atoms with Crippen LogP contribution in [0.4, 0.5) is 5.69 Å². The highest BCUT2D eigenvalue weighted by molar-refractivity contribution is 6.30. The van der Waals surface area contributed by atoms with E-state index in [1.807, 2.05) is 12.1 Å². The van der Waals surface area contributed by atoms with Crippen molar-refractivity contribution in [3.8, 4) is 0 Å². The number of anilines is 1. The molecule has 6 heteroatoms. The highest BCUT2D eigenvalue weighted by atomic mass is 35.5. The first-order chi connectivity index (χ1) is 11.0. The number of hydrogen-bond donors (Lipinski definition) is 1. The Kier molecular flexibility index (Phi) is 6.11. The molecule has 1 aromatic heterocycles. The van der Waals surface area contributed by atoms with Gasteiger partial charge in [0.2, 0.25) is 11.8 Å². The number of carbonyl (C=O) groups excluding carboxylic acids is 2. The Morgan fingerprint density at radius 1 is 1.22 bits per heavy atom. The van der Waals surface area contributed by atoms with Gasteiger partial charge < -0.3 is 10.2 Å². The van der Waals surface area contributed by atoms with Crippen LogP contribution in [0.1, 0.15) is 18.9 Å². The zero-order chi connectivity index (χ0) is 16.7. The van der Waals surface area contributed by atoms with Crippen LogP contribution >= 0.6 is 11.6 Å². The molecular weight excluding hydrogens is 314 g/mol. The van der Waals surface area contributed by atoms with Gasteiger partial charge in [-0.3, -0.25) is 14.6 Å². The van der Waals surface area contributed by atoms with E-state index in [2.05, 4.69) is 10.3 Å². The predicted octanol–water partition coefficient (Wildman–Crippen LogP) is 3.11. The Hall–Kier alpha value is -2.40. The number of nitrogens with zero attached hydrogens (tertiary/aromatic N) is 2. The van der Waals surface area contributed by atoms with Crippen molar-refractivity contribution in [2.24, 2.45) is 0 Å². The van der Waals surface area contributed by atoms with E-state index >= 15 is 0 Å². The van der Waals surface area contributed by atoms with Gasteiger partial charge in [0.15, 0.2) is 0 Å². The standard InChI is InChI=1S/C17H18ClN3O2/c1-13(22)21(12-14-3-2-9-19-11-14)10-8-17(23)20-16-6-4-15(18)5-7-16/h2-7,9,11H,8,10,12H2,1H3,(H,20,23). The first kappa shape index (κ1) is 17.0. The fraction of sp³-hybridized carbons (Fsp3) is 0.235. The first-order valence-electron chi connectivity index (χ1n) is 7.24. The van der Waals surface area contributed by atoms with Gasteiger partial charge in [0.25, 0.3) is 0 Å². The number of amides is 2. The second-order valence-corrected chi connectivity index (χ2v) is 5.54. The minimum Gasteiger partial charge on any atom is -0.338 e. The number of aromatic nitrogens is 1. The van der Waals surface area contributed by atoms with E-state index in [1.165, 1.54) is 6.92 Å². The Morgan fingerprint density at radius 3 is 2.57 bits per heavy atom. The number of pyridine rings is 1. The molecule has 2 amide bonds. The fourth-order valence-electron chi connectivity index (χ4n) is 2.05. The number of halogens is 1. The van der Waals surface area contributed by atoms with E-state index in [4.69, 9.17) is 11.6 Å². The molecule has 120 valence electrons. The number of rotatable bonds is 6. The zero-order valence-corrected chi connectivity index (χ0v) is 13.6. The summed E-state index contributed by atoms with van der Waals surface area (Å²) < 4.78 is 0. The number of hydrogen-bond acceptors (Lipinski definition) is 3. The molecule has 5 nitrogen and oxygen atoms in total.